The summed E-state index contributed by atoms with van der Waals surface area (Å²) < 4.78 is 41.3. The smallest absolute Gasteiger partial charge is 0.255 e. The van der Waals surface area contributed by atoms with E-state index in [2.05, 4.69) is 15.9 Å². The summed E-state index contributed by atoms with van der Waals surface area (Å²) in [5, 5.41) is 0.123. The number of sulfonamides is 1. The van der Waals surface area contributed by atoms with E-state index >= 15 is 0 Å². The normalized spacial score (nSPS) is 11.9. The van der Waals surface area contributed by atoms with Crippen molar-refractivity contribution in [1.29, 1.82) is 0 Å². The van der Waals surface area contributed by atoms with Gasteiger partial charge >= 0.3 is 0 Å². The van der Waals surface area contributed by atoms with E-state index in [1.165, 1.54) is 47.6 Å². The quantitative estimate of drug-likeness (QED) is 0.596. The van der Waals surface area contributed by atoms with Crippen molar-refractivity contribution in [1.82, 2.24) is 9.21 Å². The summed E-state index contributed by atoms with van der Waals surface area (Å²) in [5.41, 5.74) is 0.363. The van der Waals surface area contributed by atoms with Crippen LogP contribution in [0.3, 0.4) is 0 Å². The minimum Gasteiger partial charge on any atom is -0.337 e. The van der Waals surface area contributed by atoms with Crippen LogP contribution in [0.15, 0.2) is 45.8 Å². The number of amides is 1. The van der Waals surface area contributed by atoms with E-state index in [-0.39, 0.29) is 28.1 Å². The average Bonchev–Trinajstić information content (AvgIpc) is 2.63. The second-order valence-electron chi connectivity index (χ2n) is 6.65. The van der Waals surface area contributed by atoms with Crippen LogP contribution in [0.1, 0.15) is 29.8 Å². The third-order valence-electron chi connectivity index (χ3n) is 4.33. The van der Waals surface area contributed by atoms with Gasteiger partial charge in [-0.2, -0.15) is 4.31 Å². The maximum atomic E-state index is 14.0. The van der Waals surface area contributed by atoms with Gasteiger partial charge in [-0.3, -0.25) is 4.79 Å². The monoisotopic (exact) mass is 490 g/mol. The Hall–Kier alpha value is -1.48. The molecule has 9 heteroatoms. The van der Waals surface area contributed by atoms with Crippen LogP contribution in [-0.4, -0.2) is 43.7 Å². The fourth-order valence-electron chi connectivity index (χ4n) is 2.47. The predicted molar refractivity (Wildman–Crippen MR) is 111 cm³/mol. The van der Waals surface area contributed by atoms with Crippen LogP contribution in [-0.2, 0) is 16.6 Å². The highest BCUT2D eigenvalue weighted by Gasteiger charge is 2.26. The number of halogens is 3. The molecule has 1 amide bonds. The van der Waals surface area contributed by atoms with Crippen molar-refractivity contribution in [2.45, 2.75) is 31.3 Å². The average molecular weight is 492 g/mol. The third kappa shape index (κ3) is 4.92. The van der Waals surface area contributed by atoms with E-state index < -0.39 is 21.7 Å². The molecule has 28 heavy (non-hydrogen) atoms. The fourth-order valence-corrected chi connectivity index (χ4v) is 4.47. The number of carbonyl (C=O) groups excluding carboxylic acids is 1. The lowest BCUT2D eigenvalue weighted by molar-refractivity contribution is 0.0783. The lowest BCUT2D eigenvalue weighted by atomic mass is 10.1. The molecule has 0 saturated carbocycles. The van der Waals surface area contributed by atoms with Crippen LogP contribution in [0.25, 0.3) is 0 Å². The van der Waals surface area contributed by atoms with Gasteiger partial charge in [0.05, 0.1) is 15.5 Å². The lowest BCUT2D eigenvalue weighted by Gasteiger charge is -2.22. The standard InChI is InChI=1S/C19H21BrClFN2O3S/c1-12(2)24(4)28(26,27)15-6-7-17(21)16(10-15)19(25)23(3)11-13-9-14(20)5-8-18(13)22/h5-10,12H,11H2,1-4H3. The predicted octanol–water partition coefficient (Wildman–Crippen LogP) is 4.54. The number of benzene rings is 2. The minimum atomic E-state index is -3.77. The van der Waals surface area contributed by atoms with Crippen LogP contribution >= 0.6 is 27.5 Å². The molecule has 0 heterocycles. The fraction of sp³-hybridized carbons (Fsp3) is 0.316. The molecule has 0 aliphatic carbocycles. The Labute approximate surface area is 178 Å². The van der Waals surface area contributed by atoms with Gasteiger partial charge in [0.2, 0.25) is 10.0 Å². The number of hydrogen-bond acceptors (Lipinski definition) is 3. The minimum absolute atomic E-state index is 0.00328. The van der Waals surface area contributed by atoms with E-state index in [0.717, 1.165) is 0 Å². The summed E-state index contributed by atoms with van der Waals surface area (Å²) in [4.78, 5) is 14.1. The van der Waals surface area contributed by atoms with Crippen LogP contribution in [0, 0.1) is 5.82 Å². The molecular weight excluding hydrogens is 471 g/mol. The van der Waals surface area contributed by atoms with Gasteiger partial charge in [0.15, 0.2) is 0 Å². The first-order valence-electron chi connectivity index (χ1n) is 8.42. The van der Waals surface area contributed by atoms with Crippen molar-refractivity contribution < 1.29 is 17.6 Å². The van der Waals surface area contributed by atoms with Gasteiger partial charge in [-0.05, 0) is 50.2 Å². The van der Waals surface area contributed by atoms with E-state index in [0.29, 0.717) is 10.0 Å². The second-order valence-corrected chi connectivity index (χ2v) is 9.97. The first-order valence-corrected chi connectivity index (χ1v) is 11.0. The Morgan fingerprint density at radius 1 is 1.18 bits per heavy atom. The molecule has 2 aromatic rings. The summed E-state index contributed by atoms with van der Waals surface area (Å²) in [6, 6.07) is 8.20. The van der Waals surface area contributed by atoms with Crippen LogP contribution < -0.4 is 0 Å². The number of rotatable bonds is 6. The molecule has 0 spiro atoms. The van der Waals surface area contributed by atoms with E-state index in [4.69, 9.17) is 11.6 Å². The van der Waals surface area contributed by atoms with Gasteiger partial charge in [-0.15, -0.1) is 0 Å². The Bertz CT molecular complexity index is 999. The molecule has 0 saturated heterocycles. The maximum Gasteiger partial charge on any atom is 0.255 e. The highest BCUT2D eigenvalue weighted by Crippen LogP contribution is 2.25. The zero-order valence-corrected chi connectivity index (χ0v) is 19.1. The molecule has 0 fully saturated rings. The van der Waals surface area contributed by atoms with Gasteiger partial charge < -0.3 is 4.90 Å². The van der Waals surface area contributed by atoms with Crippen LogP contribution in [0.5, 0.6) is 0 Å². The number of nitrogens with zero attached hydrogens (tertiary/aromatic N) is 2. The van der Waals surface area contributed by atoms with Gasteiger partial charge in [0, 0.05) is 36.7 Å². The van der Waals surface area contributed by atoms with Crippen molar-refractivity contribution >= 4 is 43.5 Å². The second kappa shape index (κ2) is 8.90. The Morgan fingerprint density at radius 2 is 1.82 bits per heavy atom. The zero-order valence-electron chi connectivity index (χ0n) is 15.9. The van der Waals surface area contributed by atoms with Crippen molar-refractivity contribution in [2.24, 2.45) is 0 Å². The molecule has 0 aliphatic heterocycles. The molecule has 0 N–H and O–H groups in total. The molecule has 152 valence electrons. The van der Waals surface area contributed by atoms with Crippen molar-refractivity contribution in [3.8, 4) is 0 Å². The molecule has 2 rings (SSSR count). The first-order chi connectivity index (χ1) is 12.9. The molecule has 0 bridgehead atoms. The largest absolute Gasteiger partial charge is 0.337 e. The van der Waals surface area contributed by atoms with Crippen LogP contribution in [0.2, 0.25) is 5.02 Å². The summed E-state index contributed by atoms with van der Waals surface area (Å²) in [6.45, 7) is 3.50. The molecule has 5 nitrogen and oxygen atoms in total. The van der Waals surface area contributed by atoms with Crippen molar-refractivity contribution in [3.63, 3.8) is 0 Å². The maximum absolute atomic E-state index is 14.0. The third-order valence-corrected chi connectivity index (χ3v) is 7.19. The first kappa shape index (κ1) is 22.8. The van der Waals surface area contributed by atoms with Crippen molar-refractivity contribution in [2.75, 3.05) is 14.1 Å². The van der Waals surface area contributed by atoms with E-state index in [9.17, 15) is 17.6 Å². The van der Waals surface area contributed by atoms with Gasteiger partial charge in [0.25, 0.3) is 5.91 Å². The highest BCUT2D eigenvalue weighted by molar-refractivity contribution is 9.10. The SMILES string of the molecule is CC(C)N(C)S(=O)(=O)c1ccc(Cl)c(C(=O)N(C)Cc2cc(Br)ccc2F)c1. The van der Waals surface area contributed by atoms with E-state index in [1.807, 2.05) is 0 Å². The number of carbonyl (C=O) groups is 1. The molecular formula is C19H21BrClFN2O3S. The number of hydrogen-bond donors (Lipinski definition) is 0. The molecule has 0 atom stereocenters. The zero-order chi connectivity index (χ0) is 21.2. The molecule has 0 unspecified atom stereocenters. The molecule has 2 aromatic carbocycles. The molecule has 0 aliphatic rings. The highest BCUT2D eigenvalue weighted by atomic mass is 79.9. The Balaban J connectivity index is 2.36. The molecule has 0 aromatic heterocycles. The summed E-state index contributed by atoms with van der Waals surface area (Å²) in [5.74, 6) is -0.947. The lowest BCUT2D eigenvalue weighted by Crippen LogP contribution is -2.33. The topological polar surface area (TPSA) is 57.7 Å². The Morgan fingerprint density at radius 3 is 2.43 bits per heavy atom. The van der Waals surface area contributed by atoms with Gasteiger partial charge in [0.1, 0.15) is 5.82 Å². The molecule has 0 radical (unpaired) electrons. The van der Waals surface area contributed by atoms with E-state index in [1.54, 1.807) is 26.0 Å². The van der Waals surface area contributed by atoms with Crippen molar-refractivity contribution in [3.05, 3.63) is 62.8 Å². The van der Waals surface area contributed by atoms with Gasteiger partial charge in [-0.1, -0.05) is 27.5 Å². The Kier molecular flexibility index (Phi) is 7.25. The summed E-state index contributed by atoms with van der Waals surface area (Å²) in [6.07, 6.45) is 0. The van der Waals surface area contributed by atoms with Crippen LogP contribution in [0.4, 0.5) is 4.39 Å². The van der Waals surface area contributed by atoms with Gasteiger partial charge in [-0.25, -0.2) is 12.8 Å². The summed E-state index contributed by atoms with van der Waals surface area (Å²) >= 11 is 9.42. The summed E-state index contributed by atoms with van der Waals surface area (Å²) in [7, 11) is -0.799.